The Morgan fingerprint density at radius 3 is 2.50 bits per heavy atom. The van der Waals surface area contributed by atoms with Gasteiger partial charge in [0.15, 0.2) is 0 Å². The van der Waals surface area contributed by atoms with Gasteiger partial charge in [0.05, 0.1) is 6.54 Å². The van der Waals surface area contributed by atoms with Crippen LogP contribution in [0, 0.1) is 6.92 Å². The fourth-order valence-electron chi connectivity index (χ4n) is 2.45. The van der Waals surface area contributed by atoms with Gasteiger partial charge in [0.1, 0.15) is 6.54 Å². The maximum Gasteiger partial charge on any atom is 0.405 e. The van der Waals surface area contributed by atoms with Crippen molar-refractivity contribution in [1.82, 2.24) is 10.2 Å². The summed E-state index contributed by atoms with van der Waals surface area (Å²) in [6, 6.07) is 8.18. The molecular formula is C15H20F3N3O. The lowest BCUT2D eigenvalue weighted by molar-refractivity contribution is -0.139. The molecule has 1 aromatic rings. The number of aryl methyl sites for hydroxylation is 1. The summed E-state index contributed by atoms with van der Waals surface area (Å²) in [5, 5.41) is 1.90. The predicted molar refractivity (Wildman–Crippen MR) is 78.9 cm³/mol. The molecule has 1 aliphatic heterocycles. The average molecular weight is 315 g/mol. The van der Waals surface area contributed by atoms with Crippen LogP contribution in [0.1, 0.15) is 5.56 Å². The van der Waals surface area contributed by atoms with Crippen molar-refractivity contribution in [3.63, 3.8) is 0 Å². The molecule has 7 heteroatoms. The summed E-state index contributed by atoms with van der Waals surface area (Å²) in [6.45, 7) is 3.62. The molecule has 0 bridgehead atoms. The molecule has 1 amide bonds. The first kappa shape index (κ1) is 16.6. The highest BCUT2D eigenvalue weighted by atomic mass is 19.4. The van der Waals surface area contributed by atoms with Gasteiger partial charge in [-0.2, -0.15) is 13.2 Å². The molecule has 4 nitrogen and oxygen atoms in total. The second-order valence-corrected chi connectivity index (χ2v) is 5.49. The van der Waals surface area contributed by atoms with Crippen molar-refractivity contribution in [2.24, 2.45) is 0 Å². The SMILES string of the molecule is Cc1cccc(N2CCN(CC(=O)NCC(F)(F)F)CC2)c1. The van der Waals surface area contributed by atoms with Crippen LogP contribution in [-0.4, -0.2) is 56.3 Å². The lowest BCUT2D eigenvalue weighted by Crippen LogP contribution is -2.50. The van der Waals surface area contributed by atoms with E-state index in [9.17, 15) is 18.0 Å². The Morgan fingerprint density at radius 2 is 1.91 bits per heavy atom. The van der Waals surface area contributed by atoms with Gasteiger partial charge in [-0.1, -0.05) is 12.1 Å². The zero-order valence-corrected chi connectivity index (χ0v) is 12.5. The normalized spacial score (nSPS) is 16.6. The highest BCUT2D eigenvalue weighted by molar-refractivity contribution is 5.78. The number of alkyl halides is 3. The van der Waals surface area contributed by atoms with Gasteiger partial charge in [-0.15, -0.1) is 0 Å². The molecule has 1 heterocycles. The first-order chi connectivity index (χ1) is 10.3. The van der Waals surface area contributed by atoms with Gasteiger partial charge in [0.25, 0.3) is 0 Å². The molecule has 0 aromatic heterocycles. The molecule has 0 spiro atoms. The van der Waals surface area contributed by atoms with Crippen LogP contribution < -0.4 is 10.2 Å². The summed E-state index contributed by atoms with van der Waals surface area (Å²) in [6.07, 6.45) is -4.36. The van der Waals surface area contributed by atoms with E-state index < -0.39 is 18.6 Å². The van der Waals surface area contributed by atoms with Gasteiger partial charge in [-0.05, 0) is 24.6 Å². The number of nitrogens with zero attached hydrogens (tertiary/aromatic N) is 2. The van der Waals surface area contributed by atoms with Crippen LogP contribution in [0.2, 0.25) is 0 Å². The molecule has 0 radical (unpaired) electrons. The minimum absolute atomic E-state index is 0.0116. The van der Waals surface area contributed by atoms with E-state index in [4.69, 9.17) is 0 Å². The van der Waals surface area contributed by atoms with Gasteiger partial charge in [-0.25, -0.2) is 0 Å². The van der Waals surface area contributed by atoms with Crippen LogP contribution in [0.15, 0.2) is 24.3 Å². The largest absolute Gasteiger partial charge is 0.405 e. The number of hydrogen-bond donors (Lipinski definition) is 1. The molecule has 122 valence electrons. The van der Waals surface area contributed by atoms with Crippen molar-refractivity contribution < 1.29 is 18.0 Å². The van der Waals surface area contributed by atoms with Crippen molar-refractivity contribution in [1.29, 1.82) is 0 Å². The van der Waals surface area contributed by atoms with Crippen LogP contribution in [0.4, 0.5) is 18.9 Å². The Labute approximate surface area is 127 Å². The second kappa shape index (κ2) is 7.00. The van der Waals surface area contributed by atoms with E-state index in [-0.39, 0.29) is 6.54 Å². The van der Waals surface area contributed by atoms with E-state index in [1.54, 1.807) is 0 Å². The lowest BCUT2D eigenvalue weighted by Gasteiger charge is -2.35. The number of anilines is 1. The van der Waals surface area contributed by atoms with Crippen LogP contribution in [0.25, 0.3) is 0 Å². The van der Waals surface area contributed by atoms with E-state index in [0.717, 1.165) is 18.8 Å². The second-order valence-electron chi connectivity index (χ2n) is 5.49. The lowest BCUT2D eigenvalue weighted by atomic mass is 10.2. The summed E-state index contributed by atoms with van der Waals surface area (Å²) in [4.78, 5) is 15.6. The minimum atomic E-state index is -4.36. The van der Waals surface area contributed by atoms with Gasteiger partial charge >= 0.3 is 6.18 Å². The summed E-state index contributed by atoms with van der Waals surface area (Å²) in [5.74, 6) is -0.582. The van der Waals surface area contributed by atoms with Crippen molar-refractivity contribution in [2.75, 3.05) is 44.2 Å². The summed E-state index contributed by atoms with van der Waals surface area (Å²) in [5.41, 5.74) is 2.33. The Bertz CT molecular complexity index is 511. The molecule has 1 saturated heterocycles. The number of hydrogen-bond acceptors (Lipinski definition) is 3. The number of halogens is 3. The smallest absolute Gasteiger partial charge is 0.369 e. The minimum Gasteiger partial charge on any atom is -0.369 e. The third kappa shape index (κ3) is 5.22. The van der Waals surface area contributed by atoms with Gasteiger partial charge in [0, 0.05) is 31.9 Å². The average Bonchev–Trinajstić information content (AvgIpc) is 2.45. The van der Waals surface area contributed by atoms with E-state index in [2.05, 4.69) is 11.0 Å². The van der Waals surface area contributed by atoms with E-state index in [1.807, 2.05) is 35.3 Å². The topological polar surface area (TPSA) is 35.6 Å². The number of carbonyl (C=O) groups is 1. The number of benzene rings is 1. The van der Waals surface area contributed by atoms with Crippen LogP contribution >= 0.6 is 0 Å². The fraction of sp³-hybridized carbons (Fsp3) is 0.533. The van der Waals surface area contributed by atoms with E-state index in [0.29, 0.717) is 13.1 Å². The van der Waals surface area contributed by atoms with Gasteiger partial charge < -0.3 is 10.2 Å². The monoisotopic (exact) mass is 315 g/mol. The first-order valence-corrected chi connectivity index (χ1v) is 7.21. The fourth-order valence-corrected chi connectivity index (χ4v) is 2.45. The number of carbonyl (C=O) groups excluding carboxylic acids is 1. The zero-order chi connectivity index (χ0) is 16.2. The number of piperazine rings is 1. The van der Waals surface area contributed by atoms with Crippen molar-refractivity contribution >= 4 is 11.6 Å². The molecule has 22 heavy (non-hydrogen) atoms. The van der Waals surface area contributed by atoms with Crippen LogP contribution in [0.3, 0.4) is 0 Å². The quantitative estimate of drug-likeness (QED) is 0.920. The molecule has 0 aliphatic carbocycles. The third-order valence-corrected chi connectivity index (χ3v) is 3.59. The Kier molecular flexibility index (Phi) is 5.28. The Hall–Kier alpha value is -1.76. The van der Waals surface area contributed by atoms with Crippen molar-refractivity contribution in [3.05, 3.63) is 29.8 Å². The summed E-state index contributed by atoms with van der Waals surface area (Å²) in [7, 11) is 0. The molecule has 1 aliphatic rings. The Morgan fingerprint density at radius 1 is 1.23 bits per heavy atom. The van der Waals surface area contributed by atoms with Crippen LogP contribution in [0.5, 0.6) is 0 Å². The predicted octanol–water partition coefficient (Wildman–Crippen LogP) is 1.80. The van der Waals surface area contributed by atoms with Gasteiger partial charge in [-0.3, -0.25) is 9.69 Å². The summed E-state index contributed by atoms with van der Waals surface area (Å²) < 4.78 is 36.1. The molecular weight excluding hydrogens is 295 g/mol. The maximum absolute atomic E-state index is 12.0. The first-order valence-electron chi connectivity index (χ1n) is 7.21. The molecule has 0 atom stereocenters. The zero-order valence-electron chi connectivity index (χ0n) is 12.5. The van der Waals surface area contributed by atoms with Crippen LogP contribution in [-0.2, 0) is 4.79 Å². The molecule has 0 unspecified atom stereocenters. The molecule has 2 rings (SSSR count). The molecule has 1 fully saturated rings. The molecule has 1 aromatic carbocycles. The maximum atomic E-state index is 12.0. The van der Waals surface area contributed by atoms with E-state index in [1.165, 1.54) is 5.56 Å². The highest BCUT2D eigenvalue weighted by Crippen LogP contribution is 2.17. The third-order valence-electron chi connectivity index (χ3n) is 3.59. The Balaban J connectivity index is 1.76. The van der Waals surface area contributed by atoms with E-state index >= 15 is 0 Å². The summed E-state index contributed by atoms with van der Waals surface area (Å²) >= 11 is 0. The van der Waals surface area contributed by atoms with Crippen molar-refractivity contribution in [2.45, 2.75) is 13.1 Å². The van der Waals surface area contributed by atoms with Gasteiger partial charge in [0.2, 0.25) is 5.91 Å². The van der Waals surface area contributed by atoms with Crippen molar-refractivity contribution in [3.8, 4) is 0 Å². The number of amides is 1. The number of nitrogens with one attached hydrogen (secondary N) is 1. The molecule has 1 N–H and O–H groups in total. The standard InChI is InChI=1S/C15H20F3N3O/c1-12-3-2-4-13(9-12)21-7-5-20(6-8-21)10-14(22)19-11-15(16,17)18/h2-4,9H,5-8,10-11H2,1H3,(H,19,22). The molecule has 0 saturated carbocycles. The number of rotatable bonds is 4. The highest BCUT2D eigenvalue weighted by Gasteiger charge is 2.28.